The van der Waals surface area contributed by atoms with Crippen LogP contribution in [-0.2, 0) is 0 Å². The molecule has 2 rings (SSSR count). The highest BCUT2D eigenvalue weighted by Crippen LogP contribution is 2.25. The SMILES string of the molecule is CCNC(=NCC1CCCC1O)NCCC1=CCCCC1. The highest BCUT2D eigenvalue weighted by molar-refractivity contribution is 5.79. The van der Waals surface area contributed by atoms with Crippen molar-refractivity contribution < 1.29 is 5.11 Å². The van der Waals surface area contributed by atoms with Crippen LogP contribution in [0.4, 0.5) is 0 Å². The van der Waals surface area contributed by atoms with Crippen LogP contribution >= 0.6 is 0 Å². The number of nitrogens with zero attached hydrogens (tertiary/aromatic N) is 1. The normalized spacial score (nSPS) is 26.6. The first-order valence-electron chi connectivity index (χ1n) is 8.67. The maximum Gasteiger partial charge on any atom is 0.191 e. The molecule has 2 atom stereocenters. The van der Waals surface area contributed by atoms with Crippen molar-refractivity contribution in [1.82, 2.24) is 10.6 Å². The van der Waals surface area contributed by atoms with E-state index in [4.69, 9.17) is 0 Å². The van der Waals surface area contributed by atoms with Crippen molar-refractivity contribution in [3.8, 4) is 0 Å². The van der Waals surface area contributed by atoms with E-state index in [9.17, 15) is 5.11 Å². The van der Waals surface area contributed by atoms with E-state index in [2.05, 4.69) is 28.6 Å². The molecule has 0 aliphatic heterocycles. The molecule has 0 amide bonds. The molecule has 2 unspecified atom stereocenters. The molecular formula is C17H31N3O. The molecule has 2 aliphatic rings. The van der Waals surface area contributed by atoms with Crippen LogP contribution in [0.2, 0.25) is 0 Å². The van der Waals surface area contributed by atoms with E-state index < -0.39 is 0 Å². The van der Waals surface area contributed by atoms with Gasteiger partial charge in [-0.1, -0.05) is 18.1 Å². The van der Waals surface area contributed by atoms with Gasteiger partial charge in [0.1, 0.15) is 0 Å². The Balaban J connectivity index is 1.73. The van der Waals surface area contributed by atoms with Gasteiger partial charge in [-0.2, -0.15) is 0 Å². The fraction of sp³-hybridized carbons (Fsp3) is 0.824. The van der Waals surface area contributed by atoms with E-state index in [1.165, 1.54) is 25.7 Å². The minimum atomic E-state index is -0.149. The lowest BCUT2D eigenvalue weighted by molar-refractivity contribution is 0.136. The summed E-state index contributed by atoms with van der Waals surface area (Å²) in [6.07, 6.45) is 11.8. The summed E-state index contributed by atoms with van der Waals surface area (Å²) in [5.41, 5.74) is 1.59. The van der Waals surface area contributed by atoms with Gasteiger partial charge in [0.15, 0.2) is 5.96 Å². The van der Waals surface area contributed by atoms with Gasteiger partial charge in [0.2, 0.25) is 0 Å². The van der Waals surface area contributed by atoms with Crippen molar-refractivity contribution in [2.24, 2.45) is 10.9 Å². The molecule has 0 aromatic carbocycles. The van der Waals surface area contributed by atoms with Crippen molar-refractivity contribution in [2.45, 2.75) is 64.4 Å². The van der Waals surface area contributed by atoms with Crippen LogP contribution in [0.25, 0.3) is 0 Å². The molecule has 2 aliphatic carbocycles. The van der Waals surface area contributed by atoms with Gasteiger partial charge in [-0.3, -0.25) is 4.99 Å². The van der Waals surface area contributed by atoms with Gasteiger partial charge in [0.25, 0.3) is 0 Å². The molecule has 21 heavy (non-hydrogen) atoms. The first-order valence-corrected chi connectivity index (χ1v) is 8.67. The van der Waals surface area contributed by atoms with Crippen molar-refractivity contribution in [1.29, 1.82) is 0 Å². The molecule has 0 bridgehead atoms. The molecule has 1 fully saturated rings. The number of hydrogen-bond donors (Lipinski definition) is 3. The fourth-order valence-corrected chi connectivity index (χ4v) is 3.25. The zero-order chi connectivity index (χ0) is 14.9. The second-order valence-electron chi connectivity index (χ2n) is 6.26. The summed E-state index contributed by atoms with van der Waals surface area (Å²) in [6, 6.07) is 0. The van der Waals surface area contributed by atoms with Crippen LogP contribution in [0, 0.1) is 5.92 Å². The van der Waals surface area contributed by atoms with Gasteiger partial charge in [0.05, 0.1) is 6.10 Å². The highest BCUT2D eigenvalue weighted by atomic mass is 16.3. The van der Waals surface area contributed by atoms with E-state index in [-0.39, 0.29) is 6.10 Å². The van der Waals surface area contributed by atoms with E-state index >= 15 is 0 Å². The fourth-order valence-electron chi connectivity index (χ4n) is 3.25. The average molecular weight is 293 g/mol. The summed E-state index contributed by atoms with van der Waals surface area (Å²) in [7, 11) is 0. The first kappa shape index (κ1) is 16.3. The minimum Gasteiger partial charge on any atom is -0.393 e. The maximum atomic E-state index is 9.86. The Morgan fingerprint density at radius 3 is 2.86 bits per heavy atom. The molecule has 120 valence electrons. The van der Waals surface area contributed by atoms with Crippen LogP contribution in [0.5, 0.6) is 0 Å². The van der Waals surface area contributed by atoms with Crippen LogP contribution < -0.4 is 10.6 Å². The average Bonchev–Trinajstić information content (AvgIpc) is 2.91. The van der Waals surface area contributed by atoms with Crippen molar-refractivity contribution in [2.75, 3.05) is 19.6 Å². The number of aliphatic hydroxyl groups excluding tert-OH is 1. The van der Waals surface area contributed by atoms with Gasteiger partial charge in [-0.25, -0.2) is 0 Å². The summed E-state index contributed by atoms with van der Waals surface area (Å²) in [4.78, 5) is 4.64. The van der Waals surface area contributed by atoms with E-state index in [0.29, 0.717) is 5.92 Å². The second kappa shape index (κ2) is 9.08. The van der Waals surface area contributed by atoms with Crippen LogP contribution in [-0.4, -0.2) is 36.8 Å². The summed E-state index contributed by atoms with van der Waals surface area (Å²) < 4.78 is 0. The van der Waals surface area contributed by atoms with E-state index in [0.717, 1.165) is 51.3 Å². The Bertz CT molecular complexity index is 365. The van der Waals surface area contributed by atoms with Crippen LogP contribution in [0.15, 0.2) is 16.6 Å². The molecule has 0 aromatic rings. The third-order valence-corrected chi connectivity index (χ3v) is 4.57. The first-order chi connectivity index (χ1) is 10.3. The predicted octanol–water partition coefficient (Wildman–Crippen LogP) is 2.59. The number of aliphatic imine (C=N–C) groups is 1. The van der Waals surface area contributed by atoms with E-state index in [1.54, 1.807) is 5.57 Å². The molecule has 0 spiro atoms. The summed E-state index contributed by atoms with van der Waals surface area (Å²) >= 11 is 0. The number of guanidine groups is 1. The summed E-state index contributed by atoms with van der Waals surface area (Å²) in [5.74, 6) is 1.24. The predicted molar refractivity (Wildman–Crippen MR) is 88.5 cm³/mol. The Labute approximate surface area is 129 Å². The van der Waals surface area contributed by atoms with Crippen LogP contribution in [0.1, 0.15) is 58.3 Å². The molecular weight excluding hydrogens is 262 g/mol. The molecule has 4 heteroatoms. The number of aliphatic hydroxyl groups is 1. The quantitative estimate of drug-likeness (QED) is 0.401. The standard InChI is InChI=1S/C17H31N3O/c1-2-18-17(20-13-15-9-6-10-16(15)21)19-12-11-14-7-4-3-5-8-14/h7,15-16,21H,2-6,8-13H2,1H3,(H2,18,19,20). The number of allylic oxidation sites excluding steroid dienone is 1. The third-order valence-electron chi connectivity index (χ3n) is 4.57. The molecule has 0 heterocycles. The number of hydrogen-bond acceptors (Lipinski definition) is 2. The molecule has 0 saturated heterocycles. The van der Waals surface area contributed by atoms with Crippen molar-refractivity contribution in [3.63, 3.8) is 0 Å². The van der Waals surface area contributed by atoms with Crippen molar-refractivity contribution in [3.05, 3.63) is 11.6 Å². The van der Waals surface area contributed by atoms with Gasteiger partial charge in [0, 0.05) is 25.6 Å². The molecule has 0 radical (unpaired) electrons. The highest BCUT2D eigenvalue weighted by Gasteiger charge is 2.24. The lowest BCUT2D eigenvalue weighted by Gasteiger charge is -2.16. The number of nitrogens with one attached hydrogen (secondary N) is 2. The van der Waals surface area contributed by atoms with Crippen molar-refractivity contribution >= 4 is 5.96 Å². The molecule has 3 N–H and O–H groups in total. The van der Waals surface area contributed by atoms with E-state index in [1.807, 2.05) is 0 Å². The monoisotopic (exact) mass is 293 g/mol. The molecule has 0 aromatic heterocycles. The second-order valence-corrected chi connectivity index (χ2v) is 6.26. The smallest absolute Gasteiger partial charge is 0.191 e. The van der Waals surface area contributed by atoms with Gasteiger partial charge in [-0.15, -0.1) is 0 Å². The zero-order valence-electron chi connectivity index (χ0n) is 13.4. The largest absolute Gasteiger partial charge is 0.393 e. The topological polar surface area (TPSA) is 56.7 Å². The Morgan fingerprint density at radius 1 is 1.29 bits per heavy atom. The lowest BCUT2D eigenvalue weighted by Crippen LogP contribution is -2.38. The molecule has 4 nitrogen and oxygen atoms in total. The van der Waals surface area contributed by atoms with Gasteiger partial charge >= 0.3 is 0 Å². The van der Waals surface area contributed by atoms with Gasteiger partial charge < -0.3 is 15.7 Å². The minimum absolute atomic E-state index is 0.149. The number of rotatable bonds is 6. The maximum absolute atomic E-state index is 9.86. The van der Waals surface area contributed by atoms with Crippen LogP contribution in [0.3, 0.4) is 0 Å². The Hall–Kier alpha value is -1.03. The Kier molecular flexibility index (Phi) is 7.07. The van der Waals surface area contributed by atoms with Gasteiger partial charge in [-0.05, 0) is 51.9 Å². The summed E-state index contributed by atoms with van der Waals surface area (Å²) in [5, 5.41) is 16.6. The molecule has 1 saturated carbocycles. The lowest BCUT2D eigenvalue weighted by atomic mass is 9.97. The summed E-state index contributed by atoms with van der Waals surface area (Å²) in [6.45, 7) is 4.65. The zero-order valence-corrected chi connectivity index (χ0v) is 13.4. The third kappa shape index (κ3) is 5.70. The Morgan fingerprint density at radius 2 is 2.19 bits per heavy atom.